The maximum atomic E-state index is 4.68. The fourth-order valence-electron chi connectivity index (χ4n) is 2.96. The number of hydrogen-bond donors (Lipinski definition) is 0. The summed E-state index contributed by atoms with van der Waals surface area (Å²) in [6.07, 6.45) is 4.87. The molecule has 2 aromatic rings. The normalized spacial score (nSPS) is 18.5. The molecule has 1 fully saturated rings. The average Bonchev–Trinajstić information content (AvgIpc) is 3.03. The third kappa shape index (κ3) is 3.72. The maximum Gasteiger partial charge on any atom is 0.0926 e. The Morgan fingerprint density at radius 1 is 1.27 bits per heavy atom. The van der Waals surface area contributed by atoms with E-state index in [-0.39, 0.29) is 0 Å². The molecule has 3 rings (SSSR count). The Morgan fingerprint density at radius 2 is 2.09 bits per heavy atom. The summed E-state index contributed by atoms with van der Waals surface area (Å²) >= 11 is 1.79. The lowest BCUT2D eigenvalue weighted by Gasteiger charge is -2.37. The fraction of sp³-hybridized carbons (Fsp3) is 0.529. The summed E-state index contributed by atoms with van der Waals surface area (Å²) in [4.78, 5) is 14.0. The minimum atomic E-state index is 0.446. The van der Waals surface area contributed by atoms with Crippen LogP contribution in [0.5, 0.6) is 0 Å². The first-order chi connectivity index (χ1) is 10.8. The third-order valence-electron chi connectivity index (χ3n) is 4.41. The minimum absolute atomic E-state index is 0.446. The molecule has 0 unspecified atom stereocenters. The Morgan fingerprint density at radius 3 is 2.73 bits per heavy atom. The largest absolute Gasteiger partial charge is 0.295 e. The van der Waals surface area contributed by atoms with Crippen LogP contribution in [0.4, 0.5) is 0 Å². The van der Waals surface area contributed by atoms with Gasteiger partial charge < -0.3 is 0 Å². The quantitative estimate of drug-likeness (QED) is 0.849. The zero-order valence-corrected chi connectivity index (χ0v) is 14.2. The number of thiazole rings is 1. The SMILES string of the molecule is CCc1nc(CN2CCN([C@H](C)c3cccnc3)CC2)cs1. The van der Waals surface area contributed by atoms with E-state index in [2.05, 4.69) is 45.1 Å². The third-order valence-corrected chi connectivity index (χ3v) is 5.45. The Bertz CT molecular complexity index is 575. The molecule has 5 heteroatoms. The van der Waals surface area contributed by atoms with Crippen molar-refractivity contribution >= 4 is 11.3 Å². The molecule has 118 valence electrons. The average molecular weight is 316 g/mol. The van der Waals surface area contributed by atoms with Crippen molar-refractivity contribution in [2.45, 2.75) is 32.9 Å². The van der Waals surface area contributed by atoms with Gasteiger partial charge in [0.25, 0.3) is 0 Å². The molecule has 2 aromatic heterocycles. The van der Waals surface area contributed by atoms with E-state index < -0.39 is 0 Å². The van der Waals surface area contributed by atoms with Crippen LogP contribution < -0.4 is 0 Å². The van der Waals surface area contributed by atoms with Gasteiger partial charge in [0.15, 0.2) is 0 Å². The van der Waals surface area contributed by atoms with Crippen LogP contribution in [-0.4, -0.2) is 45.9 Å². The number of rotatable bonds is 5. The highest BCUT2D eigenvalue weighted by atomic mass is 32.1. The van der Waals surface area contributed by atoms with Gasteiger partial charge in [0, 0.05) is 56.5 Å². The van der Waals surface area contributed by atoms with E-state index in [4.69, 9.17) is 0 Å². The Labute approximate surface area is 136 Å². The molecule has 0 aromatic carbocycles. The second kappa shape index (κ2) is 7.31. The van der Waals surface area contributed by atoms with E-state index in [1.807, 2.05) is 18.5 Å². The van der Waals surface area contributed by atoms with Gasteiger partial charge in [-0.25, -0.2) is 4.98 Å². The molecule has 1 atom stereocenters. The summed E-state index contributed by atoms with van der Waals surface area (Å²) in [7, 11) is 0. The lowest BCUT2D eigenvalue weighted by atomic mass is 10.1. The van der Waals surface area contributed by atoms with Crippen LogP contribution >= 0.6 is 11.3 Å². The summed E-state index contributed by atoms with van der Waals surface area (Å²) < 4.78 is 0. The van der Waals surface area contributed by atoms with Crippen molar-refractivity contribution in [3.63, 3.8) is 0 Å². The van der Waals surface area contributed by atoms with Gasteiger partial charge >= 0.3 is 0 Å². The summed E-state index contributed by atoms with van der Waals surface area (Å²) in [5.74, 6) is 0. The number of aryl methyl sites for hydroxylation is 1. The van der Waals surface area contributed by atoms with Crippen molar-refractivity contribution in [1.29, 1.82) is 0 Å². The van der Waals surface area contributed by atoms with Gasteiger partial charge in [-0.05, 0) is 25.0 Å². The number of nitrogens with zero attached hydrogens (tertiary/aromatic N) is 4. The molecule has 0 radical (unpaired) electrons. The number of pyridine rings is 1. The predicted octanol–water partition coefficient (Wildman–Crippen LogP) is 2.98. The molecule has 0 spiro atoms. The molecular formula is C17H24N4S. The summed E-state index contributed by atoms with van der Waals surface area (Å²) in [5, 5.41) is 3.46. The Kier molecular flexibility index (Phi) is 5.18. The summed E-state index contributed by atoms with van der Waals surface area (Å²) in [6.45, 7) is 9.89. The molecule has 0 amide bonds. The van der Waals surface area contributed by atoms with E-state index in [1.165, 1.54) is 16.3 Å². The second-order valence-electron chi connectivity index (χ2n) is 5.86. The van der Waals surface area contributed by atoms with E-state index >= 15 is 0 Å². The van der Waals surface area contributed by atoms with Gasteiger partial charge in [-0.15, -0.1) is 11.3 Å². The van der Waals surface area contributed by atoms with Crippen molar-refractivity contribution in [2.24, 2.45) is 0 Å². The van der Waals surface area contributed by atoms with Gasteiger partial charge in [0.1, 0.15) is 0 Å². The van der Waals surface area contributed by atoms with Crippen LogP contribution in [0.1, 0.15) is 36.2 Å². The van der Waals surface area contributed by atoms with Crippen LogP contribution in [-0.2, 0) is 13.0 Å². The molecule has 0 N–H and O–H groups in total. The minimum Gasteiger partial charge on any atom is -0.295 e. The topological polar surface area (TPSA) is 32.3 Å². The zero-order chi connectivity index (χ0) is 15.4. The Hall–Kier alpha value is -1.30. The van der Waals surface area contributed by atoms with E-state index in [9.17, 15) is 0 Å². The van der Waals surface area contributed by atoms with Crippen LogP contribution in [0.15, 0.2) is 29.9 Å². The monoisotopic (exact) mass is 316 g/mol. The van der Waals surface area contributed by atoms with Crippen molar-refractivity contribution < 1.29 is 0 Å². The molecule has 0 aliphatic carbocycles. The van der Waals surface area contributed by atoms with Crippen molar-refractivity contribution in [3.8, 4) is 0 Å². The first-order valence-corrected chi connectivity index (χ1v) is 8.94. The lowest BCUT2D eigenvalue weighted by molar-refractivity contribution is 0.0970. The fourth-order valence-corrected chi connectivity index (χ4v) is 3.69. The molecule has 22 heavy (non-hydrogen) atoms. The molecular weight excluding hydrogens is 292 g/mol. The van der Waals surface area contributed by atoms with Crippen LogP contribution in [0, 0.1) is 0 Å². The standard InChI is InChI=1S/C17H24N4S/c1-3-17-19-16(13-22-17)12-20-7-9-21(10-8-20)14(2)15-5-4-6-18-11-15/h4-6,11,13-14H,3,7-10,12H2,1-2H3/t14-/m1/s1. The zero-order valence-electron chi connectivity index (χ0n) is 13.4. The summed E-state index contributed by atoms with van der Waals surface area (Å²) in [6, 6.07) is 4.64. The molecule has 4 nitrogen and oxygen atoms in total. The molecule has 1 saturated heterocycles. The van der Waals surface area contributed by atoms with Crippen LogP contribution in [0.3, 0.4) is 0 Å². The van der Waals surface area contributed by atoms with E-state index in [0.29, 0.717) is 6.04 Å². The lowest BCUT2D eigenvalue weighted by Crippen LogP contribution is -2.46. The van der Waals surface area contributed by atoms with Crippen molar-refractivity contribution in [2.75, 3.05) is 26.2 Å². The Balaban J connectivity index is 1.52. The second-order valence-corrected chi connectivity index (χ2v) is 6.80. The van der Waals surface area contributed by atoms with Crippen LogP contribution in [0.2, 0.25) is 0 Å². The van der Waals surface area contributed by atoms with E-state index in [0.717, 1.165) is 39.1 Å². The number of aromatic nitrogens is 2. The van der Waals surface area contributed by atoms with Gasteiger partial charge in [0.2, 0.25) is 0 Å². The molecule has 0 saturated carbocycles. The first kappa shape index (κ1) is 15.6. The molecule has 1 aliphatic heterocycles. The maximum absolute atomic E-state index is 4.68. The van der Waals surface area contributed by atoms with Gasteiger partial charge in [-0.1, -0.05) is 13.0 Å². The van der Waals surface area contributed by atoms with E-state index in [1.54, 1.807) is 11.3 Å². The van der Waals surface area contributed by atoms with Crippen molar-refractivity contribution in [1.82, 2.24) is 19.8 Å². The van der Waals surface area contributed by atoms with Crippen LogP contribution in [0.25, 0.3) is 0 Å². The molecule has 3 heterocycles. The van der Waals surface area contributed by atoms with Gasteiger partial charge in [-0.3, -0.25) is 14.8 Å². The highest BCUT2D eigenvalue weighted by Gasteiger charge is 2.22. The number of piperazine rings is 1. The highest BCUT2D eigenvalue weighted by molar-refractivity contribution is 7.09. The highest BCUT2D eigenvalue weighted by Crippen LogP contribution is 2.21. The summed E-state index contributed by atoms with van der Waals surface area (Å²) in [5.41, 5.74) is 2.54. The van der Waals surface area contributed by atoms with Crippen molar-refractivity contribution in [3.05, 3.63) is 46.2 Å². The van der Waals surface area contributed by atoms with Gasteiger partial charge in [0.05, 0.1) is 10.7 Å². The predicted molar refractivity (Wildman–Crippen MR) is 91.0 cm³/mol. The smallest absolute Gasteiger partial charge is 0.0926 e. The van der Waals surface area contributed by atoms with Gasteiger partial charge in [-0.2, -0.15) is 0 Å². The molecule has 0 bridgehead atoms. The number of hydrogen-bond acceptors (Lipinski definition) is 5. The molecule has 1 aliphatic rings. The first-order valence-electron chi connectivity index (χ1n) is 8.06.